The van der Waals surface area contributed by atoms with Crippen molar-refractivity contribution < 1.29 is 9.13 Å². The van der Waals surface area contributed by atoms with Crippen molar-refractivity contribution in [3.63, 3.8) is 0 Å². The first-order valence-electron chi connectivity index (χ1n) is 6.46. The number of halogens is 2. The molecule has 1 aliphatic heterocycles. The molecule has 2 nitrogen and oxygen atoms in total. The van der Waals surface area contributed by atoms with Crippen LogP contribution in [0.15, 0.2) is 22.7 Å². The van der Waals surface area contributed by atoms with Gasteiger partial charge in [0.2, 0.25) is 0 Å². The summed E-state index contributed by atoms with van der Waals surface area (Å²) in [5.74, 6) is -0.230. The average molecular weight is 316 g/mol. The van der Waals surface area contributed by atoms with E-state index in [-0.39, 0.29) is 11.9 Å². The summed E-state index contributed by atoms with van der Waals surface area (Å²) in [5, 5.41) is 0. The van der Waals surface area contributed by atoms with Crippen molar-refractivity contribution in [3.8, 4) is 0 Å². The second-order valence-corrected chi connectivity index (χ2v) is 5.78. The summed E-state index contributed by atoms with van der Waals surface area (Å²) in [6, 6.07) is 5.20. The van der Waals surface area contributed by atoms with Crippen LogP contribution in [0.25, 0.3) is 0 Å². The highest BCUT2D eigenvalue weighted by atomic mass is 79.9. The van der Waals surface area contributed by atoms with Crippen LogP contribution in [0.4, 0.5) is 4.39 Å². The monoisotopic (exact) mass is 315 g/mol. The lowest BCUT2D eigenvalue weighted by Gasteiger charge is -2.15. The topological polar surface area (TPSA) is 35.2 Å². The Morgan fingerprint density at radius 3 is 3.00 bits per heavy atom. The predicted octanol–water partition coefficient (Wildman–Crippen LogP) is 3.42. The van der Waals surface area contributed by atoms with Gasteiger partial charge in [-0.2, -0.15) is 0 Å². The molecule has 0 saturated carbocycles. The molecular weight excluding hydrogens is 297 g/mol. The molecule has 2 unspecified atom stereocenters. The van der Waals surface area contributed by atoms with Crippen molar-refractivity contribution in [2.24, 2.45) is 5.73 Å². The smallest absolute Gasteiger partial charge is 0.137 e. The number of ether oxygens (including phenoxy) is 1. The minimum Gasteiger partial charge on any atom is -0.378 e. The van der Waals surface area contributed by atoms with E-state index in [1.807, 2.05) is 0 Å². The number of hydrogen-bond acceptors (Lipinski definition) is 2. The minimum absolute atomic E-state index is 0.117. The lowest BCUT2D eigenvalue weighted by Crippen LogP contribution is -2.24. The maximum Gasteiger partial charge on any atom is 0.137 e. The van der Waals surface area contributed by atoms with Crippen LogP contribution < -0.4 is 5.73 Å². The molecule has 100 valence electrons. The van der Waals surface area contributed by atoms with E-state index >= 15 is 0 Å². The van der Waals surface area contributed by atoms with Crippen LogP contribution in [0.1, 0.15) is 31.2 Å². The van der Waals surface area contributed by atoms with E-state index in [2.05, 4.69) is 15.9 Å². The first-order chi connectivity index (χ1) is 8.65. The fourth-order valence-electron chi connectivity index (χ4n) is 2.34. The van der Waals surface area contributed by atoms with Gasteiger partial charge in [-0.15, -0.1) is 0 Å². The largest absolute Gasteiger partial charge is 0.378 e. The maximum absolute atomic E-state index is 13.1. The third-order valence-electron chi connectivity index (χ3n) is 3.37. The zero-order chi connectivity index (χ0) is 13.0. The lowest BCUT2D eigenvalue weighted by molar-refractivity contribution is 0.101. The number of nitrogens with two attached hydrogens (primary N) is 1. The molecule has 1 fully saturated rings. The Kier molecular flexibility index (Phi) is 5.15. The van der Waals surface area contributed by atoms with E-state index in [0.717, 1.165) is 37.9 Å². The van der Waals surface area contributed by atoms with Gasteiger partial charge >= 0.3 is 0 Å². The molecule has 1 aliphatic rings. The van der Waals surface area contributed by atoms with Crippen molar-refractivity contribution in [3.05, 3.63) is 34.1 Å². The van der Waals surface area contributed by atoms with Crippen molar-refractivity contribution in [2.45, 2.75) is 44.2 Å². The molecule has 0 radical (unpaired) electrons. The Hall–Kier alpha value is -0.450. The molecule has 0 aliphatic carbocycles. The zero-order valence-corrected chi connectivity index (χ0v) is 12.0. The van der Waals surface area contributed by atoms with E-state index in [4.69, 9.17) is 10.5 Å². The van der Waals surface area contributed by atoms with Crippen LogP contribution in [-0.4, -0.2) is 18.8 Å². The summed E-state index contributed by atoms with van der Waals surface area (Å²) >= 11 is 3.19. The number of hydrogen-bond donors (Lipinski definition) is 1. The average Bonchev–Trinajstić information content (AvgIpc) is 2.84. The lowest BCUT2D eigenvalue weighted by atomic mass is 10.00. The fraction of sp³-hybridized carbons (Fsp3) is 0.571. The van der Waals surface area contributed by atoms with E-state index in [1.165, 1.54) is 12.5 Å². The van der Waals surface area contributed by atoms with E-state index in [0.29, 0.717) is 10.6 Å². The predicted molar refractivity (Wildman–Crippen MR) is 74.0 cm³/mol. The van der Waals surface area contributed by atoms with E-state index in [9.17, 15) is 4.39 Å². The van der Waals surface area contributed by atoms with Crippen LogP contribution in [0, 0.1) is 5.82 Å². The summed E-state index contributed by atoms with van der Waals surface area (Å²) < 4.78 is 19.2. The SMILES string of the molecule is NC(CCC1CCCO1)Cc1ccc(F)c(Br)c1. The second kappa shape index (κ2) is 6.64. The van der Waals surface area contributed by atoms with Crippen molar-refractivity contribution in [2.75, 3.05) is 6.61 Å². The van der Waals surface area contributed by atoms with Crippen molar-refractivity contribution >= 4 is 15.9 Å². The maximum atomic E-state index is 13.1. The van der Waals surface area contributed by atoms with Crippen LogP contribution in [0.2, 0.25) is 0 Å². The van der Waals surface area contributed by atoms with Gasteiger partial charge in [0.1, 0.15) is 5.82 Å². The Bertz CT molecular complexity index is 393. The molecule has 1 aromatic rings. The number of rotatable bonds is 5. The summed E-state index contributed by atoms with van der Waals surface area (Å²) in [5.41, 5.74) is 7.18. The Morgan fingerprint density at radius 2 is 2.33 bits per heavy atom. The van der Waals surface area contributed by atoms with Crippen LogP contribution >= 0.6 is 15.9 Å². The van der Waals surface area contributed by atoms with Gasteiger partial charge in [0.05, 0.1) is 10.6 Å². The summed E-state index contributed by atoms with van der Waals surface area (Å²) in [4.78, 5) is 0. The molecule has 1 aromatic carbocycles. The highest BCUT2D eigenvalue weighted by molar-refractivity contribution is 9.10. The molecule has 0 amide bonds. The van der Waals surface area contributed by atoms with Gasteiger partial charge in [0.15, 0.2) is 0 Å². The molecule has 4 heteroatoms. The van der Waals surface area contributed by atoms with E-state index in [1.54, 1.807) is 12.1 Å². The number of benzene rings is 1. The quantitative estimate of drug-likeness (QED) is 0.903. The fourth-order valence-corrected chi connectivity index (χ4v) is 2.77. The van der Waals surface area contributed by atoms with Gasteiger partial charge < -0.3 is 10.5 Å². The van der Waals surface area contributed by atoms with Gasteiger partial charge in [-0.3, -0.25) is 0 Å². The highest BCUT2D eigenvalue weighted by Gasteiger charge is 2.16. The van der Waals surface area contributed by atoms with Crippen molar-refractivity contribution in [1.29, 1.82) is 0 Å². The molecular formula is C14H19BrFNO. The Balaban J connectivity index is 1.78. The standard InChI is InChI=1S/C14H19BrFNO/c15-13-9-10(3-6-14(13)16)8-11(17)4-5-12-2-1-7-18-12/h3,6,9,11-12H,1-2,4-5,7-8,17H2. The van der Waals surface area contributed by atoms with E-state index < -0.39 is 0 Å². The molecule has 2 atom stereocenters. The van der Waals surface area contributed by atoms with Crippen molar-refractivity contribution in [1.82, 2.24) is 0 Å². The van der Waals surface area contributed by atoms with Gasteiger partial charge in [-0.25, -0.2) is 4.39 Å². The van der Waals surface area contributed by atoms with Gasteiger partial charge in [-0.1, -0.05) is 6.07 Å². The van der Waals surface area contributed by atoms with Gasteiger partial charge in [0.25, 0.3) is 0 Å². The van der Waals surface area contributed by atoms with Crippen LogP contribution in [0.3, 0.4) is 0 Å². The minimum atomic E-state index is -0.230. The normalized spacial score (nSPS) is 21.2. The molecule has 18 heavy (non-hydrogen) atoms. The van der Waals surface area contributed by atoms with Crippen LogP contribution in [0.5, 0.6) is 0 Å². The second-order valence-electron chi connectivity index (χ2n) is 4.93. The molecule has 2 N–H and O–H groups in total. The molecule has 0 bridgehead atoms. The Labute approximate surface area is 116 Å². The first-order valence-corrected chi connectivity index (χ1v) is 7.25. The highest BCUT2D eigenvalue weighted by Crippen LogP contribution is 2.20. The summed E-state index contributed by atoms with van der Waals surface area (Å²) in [6.45, 7) is 0.894. The molecule has 1 heterocycles. The van der Waals surface area contributed by atoms with Gasteiger partial charge in [0, 0.05) is 12.6 Å². The third kappa shape index (κ3) is 4.04. The molecule has 0 spiro atoms. The summed E-state index contributed by atoms with van der Waals surface area (Å²) in [7, 11) is 0. The molecule has 0 aromatic heterocycles. The van der Waals surface area contributed by atoms with Crippen LogP contribution in [-0.2, 0) is 11.2 Å². The zero-order valence-electron chi connectivity index (χ0n) is 10.4. The third-order valence-corrected chi connectivity index (χ3v) is 3.97. The summed E-state index contributed by atoms with van der Waals surface area (Å²) in [6.07, 6.45) is 5.50. The molecule has 2 rings (SSSR count). The van der Waals surface area contributed by atoms with Gasteiger partial charge in [-0.05, 0) is 65.7 Å². The Morgan fingerprint density at radius 1 is 1.50 bits per heavy atom. The molecule has 1 saturated heterocycles. The first kappa shape index (κ1) is 14.0.